The minimum Gasteiger partial charge on any atom is -0.481 e. The van der Waals surface area contributed by atoms with Gasteiger partial charge in [0.1, 0.15) is 5.69 Å². The normalized spacial score (nSPS) is 10.5. The third kappa shape index (κ3) is 6.15. The number of hydrogen-bond donors (Lipinski definition) is 2. The van der Waals surface area contributed by atoms with Gasteiger partial charge in [0.15, 0.2) is 0 Å². The van der Waals surface area contributed by atoms with Crippen LogP contribution in [0.2, 0.25) is 0 Å². The van der Waals surface area contributed by atoms with Crippen molar-refractivity contribution in [2.75, 3.05) is 6.54 Å². The molecule has 0 saturated heterocycles. The van der Waals surface area contributed by atoms with Crippen LogP contribution in [-0.2, 0) is 16.0 Å². The van der Waals surface area contributed by atoms with Gasteiger partial charge in [0, 0.05) is 32.0 Å². The van der Waals surface area contributed by atoms with Gasteiger partial charge < -0.3 is 14.9 Å². The number of hydrogen-bond acceptors (Lipinski definition) is 6. The summed E-state index contributed by atoms with van der Waals surface area (Å²) in [5.41, 5.74) is 0.623. The second-order valence-electron chi connectivity index (χ2n) is 5.28. The van der Waals surface area contributed by atoms with Crippen LogP contribution in [0.25, 0.3) is 11.5 Å². The fourth-order valence-electron chi connectivity index (χ4n) is 2.07. The van der Waals surface area contributed by atoms with Gasteiger partial charge in [-0.3, -0.25) is 14.6 Å². The number of nitrogens with zero attached hydrogens (tertiary/aromatic N) is 3. The largest absolute Gasteiger partial charge is 0.481 e. The summed E-state index contributed by atoms with van der Waals surface area (Å²) < 4.78 is 5.11. The quantitative estimate of drug-likeness (QED) is 0.637. The molecule has 0 aromatic carbocycles. The number of unbranched alkanes of at least 4 members (excludes halogenated alkanes) is 2. The van der Waals surface area contributed by atoms with Gasteiger partial charge in [-0.1, -0.05) is 17.6 Å². The predicted octanol–water partition coefficient (Wildman–Crippen LogP) is 1.83. The number of pyridine rings is 1. The van der Waals surface area contributed by atoms with E-state index in [2.05, 4.69) is 20.4 Å². The van der Waals surface area contributed by atoms with Crippen molar-refractivity contribution in [3.63, 3.8) is 0 Å². The van der Waals surface area contributed by atoms with Crippen molar-refractivity contribution in [1.29, 1.82) is 0 Å². The molecule has 0 saturated carbocycles. The molecule has 24 heavy (non-hydrogen) atoms. The van der Waals surface area contributed by atoms with Crippen LogP contribution in [0.1, 0.15) is 38.0 Å². The number of aliphatic carboxylic acids is 1. The first-order chi connectivity index (χ1) is 11.6. The standard InChI is InChI=1S/C16H20N4O4/c21-13(18-11-4-1-2-7-15(22)23)8-9-14-19-16(20-24-14)12-6-3-5-10-17-12/h3,5-6,10H,1-2,4,7-9,11H2,(H,18,21)(H,22,23). The molecule has 2 aromatic heterocycles. The number of carbonyl (C=O) groups is 2. The van der Waals surface area contributed by atoms with Gasteiger partial charge in [0.2, 0.25) is 17.6 Å². The van der Waals surface area contributed by atoms with Crippen molar-refractivity contribution in [3.8, 4) is 11.5 Å². The summed E-state index contributed by atoms with van der Waals surface area (Å²) in [4.78, 5) is 30.4. The smallest absolute Gasteiger partial charge is 0.303 e. The molecule has 0 aliphatic heterocycles. The molecule has 8 heteroatoms. The molecule has 1 amide bonds. The molecule has 0 bridgehead atoms. The van der Waals surface area contributed by atoms with Gasteiger partial charge in [-0.15, -0.1) is 0 Å². The lowest BCUT2D eigenvalue weighted by molar-refractivity contribution is -0.137. The second kappa shape index (κ2) is 9.39. The molecule has 0 radical (unpaired) electrons. The Hall–Kier alpha value is -2.77. The molecule has 128 valence electrons. The summed E-state index contributed by atoms with van der Waals surface area (Å²) >= 11 is 0. The zero-order valence-electron chi connectivity index (χ0n) is 13.3. The maximum absolute atomic E-state index is 11.7. The lowest BCUT2D eigenvalue weighted by Crippen LogP contribution is -2.24. The Morgan fingerprint density at radius 2 is 2.04 bits per heavy atom. The van der Waals surface area contributed by atoms with Crippen LogP contribution in [0.15, 0.2) is 28.9 Å². The molecule has 0 aliphatic carbocycles. The van der Waals surface area contributed by atoms with E-state index in [1.165, 1.54) is 0 Å². The highest BCUT2D eigenvalue weighted by Gasteiger charge is 2.11. The van der Waals surface area contributed by atoms with Crippen molar-refractivity contribution >= 4 is 11.9 Å². The number of carboxylic acid groups (broad SMARTS) is 1. The minimum atomic E-state index is -0.788. The molecular weight excluding hydrogens is 312 g/mol. The number of aryl methyl sites for hydroxylation is 1. The number of carbonyl (C=O) groups excluding carboxylic acids is 1. The number of rotatable bonds is 10. The monoisotopic (exact) mass is 332 g/mol. The maximum atomic E-state index is 11.7. The van der Waals surface area contributed by atoms with Gasteiger partial charge in [-0.2, -0.15) is 4.98 Å². The average molecular weight is 332 g/mol. The van der Waals surface area contributed by atoms with Crippen LogP contribution >= 0.6 is 0 Å². The van der Waals surface area contributed by atoms with Crippen molar-refractivity contribution in [2.45, 2.75) is 38.5 Å². The Bertz CT molecular complexity index is 657. The van der Waals surface area contributed by atoms with E-state index >= 15 is 0 Å². The summed E-state index contributed by atoms with van der Waals surface area (Å²) in [6.07, 6.45) is 4.62. The van der Waals surface area contributed by atoms with E-state index in [4.69, 9.17) is 9.63 Å². The van der Waals surface area contributed by atoms with E-state index in [-0.39, 0.29) is 18.7 Å². The molecule has 0 spiro atoms. The van der Waals surface area contributed by atoms with Crippen LogP contribution < -0.4 is 5.32 Å². The molecule has 2 heterocycles. The Balaban J connectivity index is 1.64. The molecule has 2 rings (SSSR count). The third-order valence-electron chi connectivity index (χ3n) is 3.32. The van der Waals surface area contributed by atoms with Gasteiger partial charge in [0.05, 0.1) is 0 Å². The number of amides is 1. The Labute approximate surface area is 139 Å². The first kappa shape index (κ1) is 17.6. The Morgan fingerprint density at radius 1 is 1.17 bits per heavy atom. The van der Waals surface area contributed by atoms with E-state index in [1.807, 2.05) is 6.07 Å². The van der Waals surface area contributed by atoms with Crippen LogP contribution in [0.3, 0.4) is 0 Å². The lowest BCUT2D eigenvalue weighted by Gasteiger charge is -2.03. The van der Waals surface area contributed by atoms with Crippen LogP contribution in [0, 0.1) is 0 Å². The molecule has 2 N–H and O–H groups in total. The summed E-state index contributed by atoms with van der Waals surface area (Å²) in [6.45, 7) is 0.543. The fourth-order valence-corrected chi connectivity index (χ4v) is 2.07. The molecule has 0 aliphatic rings. The minimum absolute atomic E-state index is 0.0918. The summed E-state index contributed by atoms with van der Waals surface area (Å²) in [5.74, 6) is -0.0776. The van der Waals surface area contributed by atoms with Gasteiger partial charge in [-0.05, 0) is 25.0 Å². The molecule has 2 aromatic rings. The molecular formula is C16H20N4O4. The van der Waals surface area contributed by atoms with E-state index in [9.17, 15) is 9.59 Å². The van der Waals surface area contributed by atoms with Crippen molar-refractivity contribution in [2.24, 2.45) is 0 Å². The zero-order valence-corrected chi connectivity index (χ0v) is 13.3. The summed E-state index contributed by atoms with van der Waals surface area (Å²) in [6, 6.07) is 5.42. The highest BCUT2D eigenvalue weighted by molar-refractivity contribution is 5.75. The summed E-state index contributed by atoms with van der Waals surface area (Å²) in [5, 5.41) is 15.2. The van der Waals surface area contributed by atoms with E-state index in [0.717, 1.165) is 12.8 Å². The van der Waals surface area contributed by atoms with Gasteiger partial charge in [-0.25, -0.2) is 0 Å². The van der Waals surface area contributed by atoms with E-state index < -0.39 is 5.97 Å². The highest BCUT2D eigenvalue weighted by atomic mass is 16.5. The third-order valence-corrected chi connectivity index (χ3v) is 3.32. The SMILES string of the molecule is O=C(O)CCCCCNC(=O)CCc1nc(-c2ccccn2)no1. The van der Waals surface area contributed by atoms with Crippen molar-refractivity contribution < 1.29 is 19.2 Å². The number of nitrogens with one attached hydrogen (secondary N) is 1. The van der Waals surface area contributed by atoms with Gasteiger partial charge in [0.25, 0.3) is 0 Å². The van der Waals surface area contributed by atoms with Crippen LogP contribution in [-0.4, -0.2) is 38.7 Å². The van der Waals surface area contributed by atoms with Crippen molar-refractivity contribution in [1.82, 2.24) is 20.4 Å². The average Bonchev–Trinajstić information content (AvgIpc) is 3.06. The first-order valence-corrected chi connectivity index (χ1v) is 7.87. The Kier molecular flexibility index (Phi) is 6.88. The molecule has 0 atom stereocenters. The molecule has 0 fully saturated rings. The van der Waals surface area contributed by atoms with E-state index in [0.29, 0.717) is 36.8 Å². The zero-order chi connectivity index (χ0) is 17.2. The van der Waals surface area contributed by atoms with Crippen molar-refractivity contribution in [3.05, 3.63) is 30.3 Å². The second-order valence-corrected chi connectivity index (χ2v) is 5.28. The maximum Gasteiger partial charge on any atom is 0.303 e. The van der Waals surface area contributed by atoms with Crippen LogP contribution in [0.5, 0.6) is 0 Å². The number of carboxylic acids is 1. The van der Waals surface area contributed by atoms with Gasteiger partial charge >= 0.3 is 5.97 Å². The predicted molar refractivity (Wildman–Crippen MR) is 85.0 cm³/mol. The summed E-state index contributed by atoms with van der Waals surface area (Å²) in [7, 11) is 0. The molecule has 8 nitrogen and oxygen atoms in total. The first-order valence-electron chi connectivity index (χ1n) is 7.87. The molecule has 0 unspecified atom stereocenters. The Morgan fingerprint density at radius 3 is 2.79 bits per heavy atom. The highest BCUT2D eigenvalue weighted by Crippen LogP contribution is 2.12. The van der Waals surface area contributed by atoms with Crippen LogP contribution in [0.4, 0.5) is 0 Å². The lowest BCUT2D eigenvalue weighted by atomic mass is 10.2. The fraction of sp³-hybridized carbons (Fsp3) is 0.438. The van der Waals surface area contributed by atoms with E-state index in [1.54, 1.807) is 18.3 Å². The number of aromatic nitrogens is 3. The topological polar surface area (TPSA) is 118 Å².